The summed E-state index contributed by atoms with van der Waals surface area (Å²) in [5, 5.41) is 4.98. The van der Waals surface area contributed by atoms with Gasteiger partial charge in [0.05, 0.1) is 38.9 Å². The predicted molar refractivity (Wildman–Crippen MR) is 153 cm³/mol. The molecule has 0 fully saturated rings. The van der Waals surface area contributed by atoms with Crippen LogP contribution in [0, 0.1) is 13.8 Å². The number of imidazole rings is 1. The Morgan fingerprint density at radius 2 is 1.77 bits per heavy atom. The molecule has 0 unspecified atom stereocenters. The number of carbonyl (C=O) groups is 1. The average Bonchev–Trinajstić information content (AvgIpc) is 3.61. The lowest BCUT2D eigenvalue weighted by molar-refractivity contribution is 0.103. The molecule has 3 N–H and O–H groups in total. The van der Waals surface area contributed by atoms with Crippen LogP contribution in [-0.2, 0) is 10.0 Å². The van der Waals surface area contributed by atoms with Crippen molar-refractivity contribution in [3.05, 3.63) is 95.6 Å². The first-order valence-corrected chi connectivity index (χ1v) is 14.7. The number of nitrogens with one attached hydrogen (secondary N) is 1. The van der Waals surface area contributed by atoms with Gasteiger partial charge in [0.2, 0.25) is 5.78 Å². The van der Waals surface area contributed by atoms with Crippen molar-refractivity contribution >= 4 is 55.3 Å². The van der Waals surface area contributed by atoms with Gasteiger partial charge >= 0.3 is 0 Å². The number of aromatic amines is 1. The molecule has 3 heterocycles. The normalized spacial score (nSPS) is 12.0. The molecule has 6 aromatic rings. The maximum atomic E-state index is 14.0. The molecule has 0 atom stereocenters. The second kappa shape index (κ2) is 9.14. The molecule has 0 saturated carbocycles. The number of benzene rings is 3. The number of nitrogens with two attached hydrogens (primary N) is 1. The fourth-order valence-electron chi connectivity index (χ4n) is 4.65. The number of H-pyrrole nitrogens is 1. The smallest absolute Gasteiger partial charge is 0.268 e. The number of aromatic nitrogens is 5. The van der Waals surface area contributed by atoms with Gasteiger partial charge in [-0.25, -0.2) is 22.1 Å². The summed E-state index contributed by atoms with van der Waals surface area (Å²) in [6.45, 7) is 3.75. The van der Waals surface area contributed by atoms with Gasteiger partial charge in [0.1, 0.15) is 17.3 Å². The number of aryl methyl sites for hydroxylation is 2. The molecular weight excluding hydrogens is 532 g/mol. The van der Waals surface area contributed by atoms with E-state index in [0.29, 0.717) is 16.6 Å². The van der Waals surface area contributed by atoms with Crippen molar-refractivity contribution in [2.24, 2.45) is 0 Å². The quantitative estimate of drug-likeness (QED) is 0.216. The molecule has 0 aliphatic rings. The summed E-state index contributed by atoms with van der Waals surface area (Å²) in [4.78, 5) is 22.5. The maximum absolute atomic E-state index is 14.0. The zero-order chi connectivity index (χ0) is 27.5. The van der Waals surface area contributed by atoms with Crippen molar-refractivity contribution in [2.45, 2.75) is 23.6 Å². The fraction of sp³-hybridized carbons (Fsp3) is 0.107. The first kappa shape index (κ1) is 25.0. The number of thioether (sulfide) groups is 1. The molecular formula is C28H24N6O3S2. The SMILES string of the molecule is CSc1ccc2cc(C(=O)c3cnn(-c4ccc5[nH]c(C)nc5c4)c3N)n(S(=O)(=O)c3ccc(C)cc3)c2c1. The number of ketones is 1. The van der Waals surface area contributed by atoms with Crippen LogP contribution in [0.4, 0.5) is 5.82 Å². The zero-order valence-corrected chi connectivity index (χ0v) is 23.0. The molecule has 0 aliphatic heterocycles. The van der Waals surface area contributed by atoms with Crippen molar-refractivity contribution < 1.29 is 13.2 Å². The zero-order valence-electron chi connectivity index (χ0n) is 21.3. The van der Waals surface area contributed by atoms with E-state index in [1.807, 2.05) is 50.4 Å². The highest BCUT2D eigenvalue weighted by Crippen LogP contribution is 2.32. The van der Waals surface area contributed by atoms with Crippen molar-refractivity contribution in [3.63, 3.8) is 0 Å². The van der Waals surface area contributed by atoms with Crippen LogP contribution >= 0.6 is 11.8 Å². The monoisotopic (exact) mass is 556 g/mol. The van der Waals surface area contributed by atoms with Crippen molar-refractivity contribution in [3.8, 4) is 5.69 Å². The molecule has 0 amide bonds. The largest absolute Gasteiger partial charge is 0.383 e. The lowest BCUT2D eigenvalue weighted by Gasteiger charge is -2.12. The first-order valence-electron chi connectivity index (χ1n) is 12.0. The number of hydrogen-bond donors (Lipinski definition) is 2. The minimum atomic E-state index is -4.12. The van der Waals surface area contributed by atoms with Crippen LogP contribution in [0.5, 0.6) is 0 Å². The minimum Gasteiger partial charge on any atom is -0.383 e. The minimum absolute atomic E-state index is 0.0199. The number of anilines is 1. The van der Waals surface area contributed by atoms with Gasteiger partial charge in [-0.3, -0.25) is 4.79 Å². The van der Waals surface area contributed by atoms with Crippen LogP contribution in [0.3, 0.4) is 0 Å². The Labute approximate surface area is 228 Å². The summed E-state index contributed by atoms with van der Waals surface area (Å²) < 4.78 is 30.5. The third kappa shape index (κ3) is 4.10. The molecule has 0 radical (unpaired) electrons. The van der Waals surface area contributed by atoms with Crippen LogP contribution in [0.1, 0.15) is 27.4 Å². The van der Waals surface area contributed by atoms with Gasteiger partial charge in [-0.05, 0) is 68.6 Å². The Bertz CT molecular complexity index is 2020. The molecule has 196 valence electrons. The molecule has 9 nitrogen and oxygen atoms in total. The predicted octanol–water partition coefficient (Wildman–Crippen LogP) is 5.09. The van der Waals surface area contributed by atoms with Crippen molar-refractivity contribution in [2.75, 3.05) is 12.0 Å². The highest BCUT2D eigenvalue weighted by atomic mass is 32.2. The Morgan fingerprint density at radius 3 is 2.51 bits per heavy atom. The van der Waals surface area contributed by atoms with E-state index in [1.165, 1.54) is 22.6 Å². The van der Waals surface area contributed by atoms with E-state index >= 15 is 0 Å². The molecule has 0 spiro atoms. The van der Waals surface area contributed by atoms with Crippen LogP contribution in [-0.4, -0.2) is 44.2 Å². The Morgan fingerprint density at radius 1 is 1.00 bits per heavy atom. The highest BCUT2D eigenvalue weighted by Gasteiger charge is 2.29. The Kier molecular flexibility index (Phi) is 5.85. The third-order valence-corrected chi connectivity index (χ3v) is 9.11. The molecule has 11 heteroatoms. The number of carbonyl (C=O) groups excluding carboxylic acids is 1. The summed E-state index contributed by atoms with van der Waals surface area (Å²) in [6.07, 6.45) is 3.28. The van der Waals surface area contributed by atoms with Crippen LogP contribution in [0.15, 0.2) is 82.7 Å². The Balaban J connectivity index is 1.51. The van der Waals surface area contributed by atoms with E-state index in [-0.39, 0.29) is 22.0 Å². The van der Waals surface area contributed by atoms with Crippen molar-refractivity contribution in [1.82, 2.24) is 23.7 Å². The fourth-order valence-corrected chi connectivity index (χ4v) is 6.58. The van der Waals surface area contributed by atoms with Gasteiger partial charge < -0.3 is 10.7 Å². The molecule has 6 rings (SSSR count). The lowest BCUT2D eigenvalue weighted by Crippen LogP contribution is -2.19. The van der Waals surface area contributed by atoms with Crippen molar-refractivity contribution in [1.29, 1.82) is 0 Å². The highest BCUT2D eigenvalue weighted by molar-refractivity contribution is 7.98. The van der Waals surface area contributed by atoms with E-state index in [4.69, 9.17) is 5.73 Å². The molecule has 39 heavy (non-hydrogen) atoms. The summed E-state index contributed by atoms with van der Waals surface area (Å²) >= 11 is 1.49. The number of hydrogen-bond acceptors (Lipinski definition) is 7. The molecule has 3 aromatic heterocycles. The van der Waals surface area contributed by atoms with Gasteiger partial charge in [-0.2, -0.15) is 5.10 Å². The van der Waals surface area contributed by atoms with Crippen LogP contribution in [0.2, 0.25) is 0 Å². The van der Waals surface area contributed by atoms with E-state index in [9.17, 15) is 13.2 Å². The van der Waals surface area contributed by atoms with Crippen LogP contribution < -0.4 is 5.73 Å². The number of fused-ring (bicyclic) bond motifs is 2. The second-order valence-corrected chi connectivity index (χ2v) is 11.9. The summed E-state index contributed by atoms with van der Waals surface area (Å²) in [5.41, 5.74) is 10.1. The van der Waals surface area contributed by atoms with Gasteiger partial charge in [0.25, 0.3) is 10.0 Å². The Hall–Kier alpha value is -4.35. The van der Waals surface area contributed by atoms with E-state index in [0.717, 1.165) is 31.3 Å². The first-order chi connectivity index (χ1) is 18.7. The number of nitrogens with zero attached hydrogens (tertiary/aromatic N) is 4. The number of rotatable bonds is 6. The summed E-state index contributed by atoms with van der Waals surface area (Å²) in [5.74, 6) is 0.327. The second-order valence-electron chi connectivity index (χ2n) is 9.24. The standard InChI is InChI=1S/C28H24N6O3S2/c1-16-4-9-21(10-5-16)39(36,37)34-25-14-20(38-3)8-6-18(25)12-26(34)27(35)22-15-30-33(28(22)29)19-7-11-23-24(13-19)32-17(2)31-23/h4-15H,29H2,1-3H3,(H,31,32). The third-order valence-electron chi connectivity index (χ3n) is 6.64. The topological polar surface area (TPSA) is 129 Å². The molecule has 0 bridgehead atoms. The molecule has 3 aromatic carbocycles. The van der Waals surface area contributed by atoms with Gasteiger partial charge in [0.15, 0.2) is 0 Å². The van der Waals surface area contributed by atoms with E-state index in [1.54, 1.807) is 36.4 Å². The van der Waals surface area contributed by atoms with Gasteiger partial charge in [-0.15, -0.1) is 11.8 Å². The summed E-state index contributed by atoms with van der Waals surface area (Å²) in [6, 6.07) is 19.1. The maximum Gasteiger partial charge on any atom is 0.268 e. The van der Waals surface area contributed by atoms with E-state index < -0.39 is 15.8 Å². The van der Waals surface area contributed by atoms with E-state index in [2.05, 4.69) is 15.1 Å². The lowest BCUT2D eigenvalue weighted by atomic mass is 10.1. The molecule has 0 saturated heterocycles. The number of nitrogen functional groups attached to an aromatic ring is 1. The molecule has 0 aliphatic carbocycles. The van der Waals surface area contributed by atoms with Crippen LogP contribution in [0.25, 0.3) is 27.6 Å². The van der Waals surface area contributed by atoms with Gasteiger partial charge in [0, 0.05) is 10.3 Å². The summed E-state index contributed by atoms with van der Waals surface area (Å²) in [7, 11) is -4.12. The average molecular weight is 557 g/mol. The van der Waals surface area contributed by atoms with Gasteiger partial charge in [-0.1, -0.05) is 23.8 Å².